The van der Waals surface area contributed by atoms with Gasteiger partial charge in [0, 0.05) is 13.2 Å². The van der Waals surface area contributed by atoms with Gasteiger partial charge in [-0.15, -0.1) is 6.58 Å². The second-order valence-electron chi connectivity index (χ2n) is 2.79. The van der Waals surface area contributed by atoms with Crippen LogP contribution in [0.15, 0.2) is 12.7 Å². The molecule has 2 heteroatoms. The van der Waals surface area contributed by atoms with E-state index >= 15 is 0 Å². The zero-order chi connectivity index (χ0) is 9.07. The second-order valence-corrected chi connectivity index (χ2v) is 2.79. The average molecular weight is 171 g/mol. The molecule has 0 spiro atoms. The molecule has 0 radical (unpaired) electrons. The number of nitrogens with one attached hydrogen (secondary N) is 1. The maximum atomic E-state index is 5.37. The quantitative estimate of drug-likeness (QED) is 0.423. The number of hydrogen-bond acceptors (Lipinski definition) is 2. The van der Waals surface area contributed by atoms with Crippen molar-refractivity contribution in [2.45, 2.75) is 26.2 Å². The molecule has 2 nitrogen and oxygen atoms in total. The molecule has 1 N–H and O–H groups in total. The molecule has 0 heterocycles. The van der Waals surface area contributed by atoms with E-state index in [1.54, 1.807) is 0 Å². The fourth-order valence-corrected chi connectivity index (χ4v) is 0.822. The molecule has 12 heavy (non-hydrogen) atoms. The molecule has 0 amide bonds. The summed E-state index contributed by atoms with van der Waals surface area (Å²) in [5.74, 6) is 0. The number of hydrogen-bond donors (Lipinski definition) is 1. The minimum absolute atomic E-state index is 0.830. The number of ether oxygens (including phenoxy) is 1. The second kappa shape index (κ2) is 10.7. The first-order valence-corrected chi connectivity index (χ1v) is 4.81. The van der Waals surface area contributed by atoms with Gasteiger partial charge >= 0.3 is 0 Å². The average Bonchev–Trinajstić information content (AvgIpc) is 2.10. The Kier molecular flexibility index (Phi) is 10.4. The van der Waals surface area contributed by atoms with Gasteiger partial charge in [-0.2, -0.15) is 0 Å². The fraction of sp³-hybridized carbons (Fsp3) is 0.800. The number of unbranched alkanes of at least 4 members (excludes halogenated alkanes) is 1. The summed E-state index contributed by atoms with van der Waals surface area (Å²) in [6, 6.07) is 0. The van der Waals surface area contributed by atoms with Crippen LogP contribution in [0, 0.1) is 0 Å². The van der Waals surface area contributed by atoms with Crippen molar-refractivity contribution in [1.29, 1.82) is 0 Å². The van der Waals surface area contributed by atoms with Gasteiger partial charge in [-0.25, -0.2) is 0 Å². The SMILES string of the molecule is C=CCCNCCOCCCC. The summed E-state index contributed by atoms with van der Waals surface area (Å²) in [5.41, 5.74) is 0. The molecule has 0 saturated carbocycles. The lowest BCUT2D eigenvalue weighted by atomic mass is 10.4. The molecule has 72 valence electrons. The predicted octanol–water partition coefficient (Wildman–Crippen LogP) is 1.97. The monoisotopic (exact) mass is 171 g/mol. The van der Waals surface area contributed by atoms with E-state index in [9.17, 15) is 0 Å². The molecular weight excluding hydrogens is 150 g/mol. The van der Waals surface area contributed by atoms with Crippen LogP contribution in [0.3, 0.4) is 0 Å². The third kappa shape index (κ3) is 9.66. The molecule has 0 atom stereocenters. The van der Waals surface area contributed by atoms with E-state index in [4.69, 9.17) is 4.74 Å². The standard InChI is InChI=1S/C10H21NO/c1-3-5-7-11-8-10-12-9-6-4-2/h3,11H,1,4-10H2,2H3. The van der Waals surface area contributed by atoms with Crippen molar-refractivity contribution in [1.82, 2.24) is 5.32 Å². The lowest BCUT2D eigenvalue weighted by molar-refractivity contribution is 0.133. The summed E-state index contributed by atoms with van der Waals surface area (Å²) in [6.45, 7) is 9.52. The van der Waals surface area contributed by atoms with Crippen LogP contribution < -0.4 is 5.32 Å². The van der Waals surface area contributed by atoms with Crippen LogP contribution in [-0.2, 0) is 4.74 Å². The molecule has 0 fully saturated rings. The highest BCUT2D eigenvalue weighted by atomic mass is 16.5. The van der Waals surface area contributed by atoms with Gasteiger partial charge in [0.25, 0.3) is 0 Å². The van der Waals surface area contributed by atoms with Crippen LogP contribution in [0.25, 0.3) is 0 Å². The lowest BCUT2D eigenvalue weighted by Crippen LogP contribution is -2.20. The Morgan fingerprint density at radius 3 is 2.83 bits per heavy atom. The first-order valence-electron chi connectivity index (χ1n) is 4.81. The first-order chi connectivity index (χ1) is 5.91. The van der Waals surface area contributed by atoms with E-state index in [0.717, 1.165) is 32.7 Å². The van der Waals surface area contributed by atoms with Gasteiger partial charge < -0.3 is 10.1 Å². The Morgan fingerprint density at radius 2 is 2.17 bits per heavy atom. The summed E-state index contributed by atoms with van der Waals surface area (Å²) in [5, 5.41) is 3.27. The molecule has 0 aromatic carbocycles. The molecule has 0 unspecified atom stereocenters. The maximum Gasteiger partial charge on any atom is 0.0590 e. The predicted molar refractivity (Wildman–Crippen MR) is 53.4 cm³/mol. The van der Waals surface area contributed by atoms with Crippen LogP contribution in [0.5, 0.6) is 0 Å². The van der Waals surface area contributed by atoms with Crippen molar-refractivity contribution in [3.8, 4) is 0 Å². The maximum absolute atomic E-state index is 5.37. The molecular formula is C10H21NO. The van der Waals surface area contributed by atoms with Crippen LogP contribution >= 0.6 is 0 Å². The Morgan fingerprint density at radius 1 is 1.33 bits per heavy atom. The minimum Gasteiger partial charge on any atom is -0.380 e. The topological polar surface area (TPSA) is 21.3 Å². The van der Waals surface area contributed by atoms with Crippen molar-refractivity contribution < 1.29 is 4.74 Å². The van der Waals surface area contributed by atoms with E-state index < -0.39 is 0 Å². The highest BCUT2D eigenvalue weighted by Gasteiger charge is 1.87. The van der Waals surface area contributed by atoms with Crippen LogP contribution in [0.2, 0.25) is 0 Å². The van der Waals surface area contributed by atoms with E-state index in [2.05, 4.69) is 18.8 Å². The van der Waals surface area contributed by atoms with Gasteiger partial charge in [0.2, 0.25) is 0 Å². The number of rotatable bonds is 9. The van der Waals surface area contributed by atoms with Gasteiger partial charge in [-0.3, -0.25) is 0 Å². The summed E-state index contributed by atoms with van der Waals surface area (Å²) in [7, 11) is 0. The fourth-order valence-electron chi connectivity index (χ4n) is 0.822. The van der Waals surface area contributed by atoms with Gasteiger partial charge in [0.15, 0.2) is 0 Å². The Balaban J connectivity index is 2.77. The Hall–Kier alpha value is -0.340. The summed E-state index contributed by atoms with van der Waals surface area (Å²) < 4.78 is 5.37. The first kappa shape index (κ1) is 11.7. The van der Waals surface area contributed by atoms with Crippen LogP contribution in [0.1, 0.15) is 26.2 Å². The molecule has 0 aromatic rings. The molecule has 0 rings (SSSR count). The smallest absolute Gasteiger partial charge is 0.0590 e. The van der Waals surface area contributed by atoms with Gasteiger partial charge in [0.1, 0.15) is 0 Å². The highest BCUT2D eigenvalue weighted by Crippen LogP contribution is 1.86. The molecule has 0 bridgehead atoms. The molecule has 0 saturated heterocycles. The normalized spacial score (nSPS) is 10.1. The summed E-state index contributed by atoms with van der Waals surface area (Å²) >= 11 is 0. The molecule has 0 aliphatic rings. The summed E-state index contributed by atoms with van der Waals surface area (Å²) in [4.78, 5) is 0. The van der Waals surface area contributed by atoms with Crippen molar-refractivity contribution >= 4 is 0 Å². The molecule has 0 aromatic heterocycles. The zero-order valence-electron chi connectivity index (χ0n) is 8.14. The lowest BCUT2D eigenvalue weighted by Gasteiger charge is -2.03. The van der Waals surface area contributed by atoms with Crippen LogP contribution in [-0.4, -0.2) is 26.3 Å². The van der Waals surface area contributed by atoms with Crippen molar-refractivity contribution in [2.75, 3.05) is 26.3 Å². The van der Waals surface area contributed by atoms with Crippen molar-refractivity contribution in [3.63, 3.8) is 0 Å². The zero-order valence-corrected chi connectivity index (χ0v) is 8.14. The third-order valence-electron chi connectivity index (χ3n) is 1.59. The van der Waals surface area contributed by atoms with Gasteiger partial charge in [0.05, 0.1) is 6.61 Å². The summed E-state index contributed by atoms with van der Waals surface area (Å²) in [6.07, 6.45) is 5.34. The highest BCUT2D eigenvalue weighted by molar-refractivity contribution is 4.67. The van der Waals surface area contributed by atoms with E-state index in [-0.39, 0.29) is 0 Å². The van der Waals surface area contributed by atoms with E-state index in [1.807, 2.05) is 6.08 Å². The largest absolute Gasteiger partial charge is 0.380 e. The Labute approximate surface area is 76.0 Å². The minimum atomic E-state index is 0.830. The third-order valence-corrected chi connectivity index (χ3v) is 1.59. The van der Waals surface area contributed by atoms with Gasteiger partial charge in [-0.05, 0) is 19.4 Å². The van der Waals surface area contributed by atoms with Crippen LogP contribution in [0.4, 0.5) is 0 Å². The van der Waals surface area contributed by atoms with Gasteiger partial charge in [-0.1, -0.05) is 19.4 Å². The van der Waals surface area contributed by atoms with Crippen molar-refractivity contribution in [2.24, 2.45) is 0 Å². The molecule has 0 aliphatic carbocycles. The van der Waals surface area contributed by atoms with Crippen molar-refractivity contribution in [3.05, 3.63) is 12.7 Å². The van der Waals surface area contributed by atoms with E-state index in [0.29, 0.717) is 0 Å². The Bertz CT molecular complexity index is 93.8. The van der Waals surface area contributed by atoms with E-state index in [1.165, 1.54) is 12.8 Å². The molecule has 0 aliphatic heterocycles.